The smallest absolute Gasteiger partial charge is 0.160 e. The fraction of sp³-hybridized carbons (Fsp3) is 0.294. The van der Waals surface area contributed by atoms with E-state index in [2.05, 4.69) is 54.5 Å². The molecule has 2 aromatic heterocycles. The Labute approximate surface area is 124 Å². The second-order valence-corrected chi connectivity index (χ2v) is 5.49. The lowest BCUT2D eigenvalue weighted by molar-refractivity contribution is 0.556. The molecule has 108 valence electrons. The number of rotatable bonds is 4. The molecular weight excluding hydrogens is 260 g/mol. The maximum absolute atomic E-state index is 4.24. The summed E-state index contributed by atoms with van der Waals surface area (Å²) < 4.78 is 2.01. The number of aryl methyl sites for hydroxylation is 2. The summed E-state index contributed by atoms with van der Waals surface area (Å²) in [7, 11) is 0. The standard InChI is InChI=1S/C17H20N4/c1-12-7-8-15(10-13(12)2)14(3)18-11-17-20-19-16-6-4-5-9-21(16)17/h4-10,14,18H,11H2,1-3H3. The Hall–Kier alpha value is -2.20. The van der Waals surface area contributed by atoms with Crippen LogP contribution in [0.2, 0.25) is 0 Å². The third-order valence-electron chi connectivity index (χ3n) is 3.98. The van der Waals surface area contributed by atoms with E-state index < -0.39 is 0 Å². The molecule has 0 bridgehead atoms. The van der Waals surface area contributed by atoms with Crippen molar-refractivity contribution in [2.45, 2.75) is 33.4 Å². The normalized spacial score (nSPS) is 12.7. The number of aromatic nitrogens is 3. The summed E-state index contributed by atoms with van der Waals surface area (Å²) in [5.74, 6) is 0.932. The van der Waals surface area contributed by atoms with E-state index in [-0.39, 0.29) is 6.04 Å². The van der Waals surface area contributed by atoms with Crippen LogP contribution in [-0.4, -0.2) is 14.6 Å². The first-order valence-electron chi connectivity index (χ1n) is 7.24. The van der Waals surface area contributed by atoms with Crippen LogP contribution in [0, 0.1) is 13.8 Å². The first-order valence-corrected chi connectivity index (χ1v) is 7.24. The Kier molecular flexibility index (Phi) is 3.71. The van der Waals surface area contributed by atoms with Crippen LogP contribution >= 0.6 is 0 Å². The summed E-state index contributed by atoms with van der Waals surface area (Å²) in [6, 6.07) is 12.8. The predicted octanol–water partition coefficient (Wildman–Crippen LogP) is 3.20. The SMILES string of the molecule is Cc1ccc(C(C)NCc2nnc3ccccn23)cc1C. The van der Waals surface area contributed by atoms with Crippen LogP contribution in [0.3, 0.4) is 0 Å². The molecule has 4 nitrogen and oxygen atoms in total. The first-order chi connectivity index (χ1) is 10.1. The maximum Gasteiger partial charge on any atom is 0.160 e. The van der Waals surface area contributed by atoms with E-state index in [0.29, 0.717) is 6.54 Å². The summed E-state index contributed by atoms with van der Waals surface area (Å²) in [5, 5.41) is 11.9. The maximum atomic E-state index is 4.24. The Balaban J connectivity index is 1.73. The monoisotopic (exact) mass is 280 g/mol. The molecule has 21 heavy (non-hydrogen) atoms. The third-order valence-corrected chi connectivity index (χ3v) is 3.98. The van der Waals surface area contributed by atoms with Gasteiger partial charge in [0.05, 0.1) is 6.54 Å². The van der Waals surface area contributed by atoms with Crippen LogP contribution in [0.15, 0.2) is 42.6 Å². The Morgan fingerprint density at radius 2 is 1.95 bits per heavy atom. The highest BCUT2D eigenvalue weighted by atomic mass is 15.3. The molecule has 0 aliphatic carbocycles. The van der Waals surface area contributed by atoms with Crippen molar-refractivity contribution in [1.29, 1.82) is 0 Å². The number of nitrogens with one attached hydrogen (secondary N) is 1. The van der Waals surface area contributed by atoms with Crippen molar-refractivity contribution in [1.82, 2.24) is 19.9 Å². The van der Waals surface area contributed by atoms with Gasteiger partial charge in [-0.1, -0.05) is 24.3 Å². The van der Waals surface area contributed by atoms with Gasteiger partial charge in [-0.3, -0.25) is 4.40 Å². The van der Waals surface area contributed by atoms with Gasteiger partial charge in [0.1, 0.15) is 0 Å². The lowest BCUT2D eigenvalue weighted by atomic mass is 10.0. The molecule has 0 aliphatic heterocycles. The highest BCUT2D eigenvalue weighted by Gasteiger charge is 2.09. The molecule has 1 atom stereocenters. The van der Waals surface area contributed by atoms with Gasteiger partial charge < -0.3 is 5.32 Å². The lowest BCUT2D eigenvalue weighted by Gasteiger charge is -2.15. The van der Waals surface area contributed by atoms with Gasteiger partial charge in [-0.15, -0.1) is 10.2 Å². The van der Waals surface area contributed by atoms with Gasteiger partial charge >= 0.3 is 0 Å². The second-order valence-electron chi connectivity index (χ2n) is 5.49. The zero-order chi connectivity index (χ0) is 14.8. The molecule has 1 unspecified atom stereocenters. The number of pyridine rings is 1. The Bertz CT molecular complexity index is 760. The number of nitrogens with zero attached hydrogens (tertiary/aromatic N) is 3. The fourth-order valence-electron chi connectivity index (χ4n) is 2.41. The van der Waals surface area contributed by atoms with Crippen LogP contribution in [-0.2, 0) is 6.54 Å². The quantitative estimate of drug-likeness (QED) is 0.798. The summed E-state index contributed by atoms with van der Waals surface area (Å²) in [5.41, 5.74) is 4.84. The highest BCUT2D eigenvalue weighted by molar-refractivity contribution is 5.37. The van der Waals surface area contributed by atoms with E-state index in [0.717, 1.165) is 11.5 Å². The lowest BCUT2D eigenvalue weighted by Crippen LogP contribution is -2.19. The van der Waals surface area contributed by atoms with E-state index in [9.17, 15) is 0 Å². The minimum Gasteiger partial charge on any atom is -0.303 e. The molecule has 0 spiro atoms. The molecule has 0 fully saturated rings. The van der Waals surface area contributed by atoms with Gasteiger partial charge in [-0.25, -0.2) is 0 Å². The first kappa shape index (κ1) is 13.8. The molecule has 0 aliphatic rings. The van der Waals surface area contributed by atoms with Crippen molar-refractivity contribution in [2.75, 3.05) is 0 Å². The van der Waals surface area contributed by atoms with Gasteiger partial charge in [0, 0.05) is 12.2 Å². The van der Waals surface area contributed by atoms with Gasteiger partial charge in [0.25, 0.3) is 0 Å². The summed E-state index contributed by atoms with van der Waals surface area (Å²) in [6.45, 7) is 7.16. The van der Waals surface area contributed by atoms with Crippen molar-refractivity contribution in [3.8, 4) is 0 Å². The van der Waals surface area contributed by atoms with E-state index >= 15 is 0 Å². The summed E-state index contributed by atoms with van der Waals surface area (Å²) in [4.78, 5) is 0. The topological polar surface area (TPSA) is 42.2 Å². The predicted molar refractivity (Wildman–Crippen MR) is 84.2 cm³/mol. The van der Waals surface area contributed by atoms with Crippen LogP contribution in [0.4, 0.5) is 0 Å². The van der Waals surface area contributed by atoms with Crippen LogP contribution < -0.4 is 5.32 Å². The van der Waals surface area contributed by atoms with Crippen LogP contribution in [0.25, 0.3) is 5.65 Å². The van der Waals surface area contributed by atoms with E-state index in [4.69, 9.17) is 0 Å². The van der Waals surface area contributed by atoms with Crippen molar-refractivity contribution in [3.05, 3.63) is 65.1 Å². The minimum absolute atomic E-state index is 0.278. The third kappa shape index (κ3) is 2.81. The molecular formula is C17H20N4. The van der Waals surface area contributed by atoms with Gasteiger partial charge in [-0.2, -0.15) is 0 Å². The molecule has 0 saturated heterocycles. The average Bonchev–Trinajstić information content (AvgIpc) is 2.91. The molecule has 1 aromatic carbocycles. The Morgan fingerprint density at radius 1 is 1.10 bits per heavy atom. The van der Waals surface area contributed by atoms with E-state index in [1.54, 1.807) is 0 Å². The zero-order valence-corrected chi connectivity index (χ0v) is 12.7. The highest BCUT2D eigenvalue weighted by Crippen LogP contribution is 2.17. The number of hydrogen-bond donors (Lipinski definition) is 1. The fourth-order valence-corrected chi connectivity index (χ4v) is 2.41. The molecule has 2 heterocycles. The van der Waals surface area contributed by atoms with E-state index in [1.807, 2.05) is 28.8 Å². The minimum atomic E-state index is 0.278. The van der Waals surface area contributed by atoms with Crippen molar-refractivity contribution in [2.24, 2.45) is 0 Å². The van der Waals surface area contributed by atoms with Gasteiger partial charge in [0.15, 0.2) is 11.5 Å². The van der Waals surface area contributed by atoms with Gasteiger partial charge in [-0.05, 0) is 49.6 Å². The molecule has 0 radical (unpaired) electrons. The van der Waals surface area contributed by atoms with Crippen LogP contribution in [0.1, 0.15) is 35.5 Å². The van der Waals surface area contributed by atoms with Crippen molar-refractivity contribution in [3.63, 3.8) is 0 Å². The molecule has 4 heteroatoms. The molecule has 1 N–H and O–H groups in total. The van der Waals surface area contributed by atoms with Crippen molar-refractivity contribution < 1.29 is 0 Å². The van der Waals surface area contributed by atoms with E-state index in [1.165, 1.54) is 16.7 Å². The largest absolute Gasteiger partial charge is 0.303 e. The number of hydrogen-bond acceptors (Lipinski definition) is 3. The van der Waals surface area contributed by atoms with Crippen molar-refractivity contribution >= 4 is 5.65 Å². The number of benzene rings is 1. The molecule has 3 aromatic rings. The second kappa shape index (κ2) is 5.66. The van der Waals surface area contributed by atoms with Crippen LogP contribution in [0.5, 0.6) is 0 Å². The van der Waals surface area contributed by atoms with Gasteiger partial charge in [0.2, 0.25) is 0 Å². The summed E-state index contributed by atoms with van der Waals surface area (Å²) >= 11 is 0. The average molecular weight is 280 g/mol. The molecule has 0 amide bonds. The zero-order valence-electron chi connectivity index (χ0n) is 12.7. The Morgan fingerprint density at radius 3 is 2.76 bits per heavy atom. The molecule has 3 rings (SSSR count). The molecule has 0 saturated carbocycles. The number of fused-ring (bicyclic) bond motifs is 1. The summed E-state index contributed by atoms with van der Waals surface area (Å²) in [6.07, 6.45) is 1.99.